The first-order valence-corrected chi connectivity index (χ1v) is 9.97. The molecule has 5 nitrogen and oxygen atoms in total. The van der Waals surface area contributed by atoms with Crippen molar-refractivity contribution in [2.75, 3.05) is 13.7 Å². The van der Waals surface area contributed by atoms with E-state index in [-0.39, 0.29) is 11.3 Å². The minimum atomic E-state index is -0.658. The molecule has 0 radical (unpaired) electrons. The molecule has 0 saturated carbocycles. The van der Waals surface area contributed by atoms with E-state index in [9.17, 15) is 14.7 Å². The summed E-state index contributed by atoms with van der Waals surface area (Å²) in [6.45, 7) is 2.39. The minimum Gasteiger partial charge on any atom is -0.507 e. The van der Waals surface area contributed by atoms with Gasteiger partial charge in [0, 0.05) is 12.1 Å². The molecule has 4 rings (SSSR count). The number of hydrogen-bond acceptors (Lipinski definition) is 4. The molecule has 1 saturated heterocycles. The van der Waals surface area contributed by atoms with Crippen molar-refractivity contribution in [3.8, 4) is 5.75 Å². The molecular weight excluding hydrogens is 378 g/mol. The smallest absolute Gasteiger partial charge is 0.295 e. The molecule has 3 aromatic rings. The van der Waals surface area contributed by atoms with Crippen LogP contribution in [0, 0.1) is 0 Å². The van der Waals surface area contributed by atoms with E-state index in [2.05, 4.69) is 0 Å². The van der Waals surface area contributed by atoms with Crippen LogP contribution >= 0.6 is 0 Å². The van der Waals surface area contributed by atoms with Gasteiger partial charge in [-0.3, -0.25) is 9.59 Å². The van der Waals surface area contributed by atoms with Gasteiger partial charge in [-0.2, -0.15) is 0 Å². The number of ketones is 1. The summed E-state index contributed by atoms with van der Waals surface area (Å²) in [5, 5.41) is 13.1. The van der Waals surface area contributed by atoms with Gasteiger partial charge in [-0.25, -0.2) is 0 Å². The van der Waals surface area contributed by atoms with Gasteiger partial charge in [-0.1, -0.05) is 49.4 Å². The van der Waals surface area contributed by atoms with Gasteiger partial charge in [0.05, 0.1) is 18.7 Å². The Morgan fingerprint density at radius 2 is 1.70 bits per heavy atom. The molecule has 152 valence electrons. The first kappa shape index (κ1) is 19.7. The summed E-state index contributed by atoms with van der Waals surface area (Å²) in [6, 6.07) is 19.8. The average molecular weight is 401 g/mol. The summed E-state index contributed by atoms with van der Waals surface area (Å²) >= 11 is 0. The highest BCUT2D eigenvalue weighted by Gasteiger charge is 2.46. The number of Topliss-reactive ketones (excluding diaryl/α,β-unsaturated/α-hetero) is 1. The van der Waals surface area contributed by atoms with Crippen molar-refractivity contribution in [1.82, 2.24) is 4.90 Å². The number of benzene rings is 3. The first-order valence-electron chi connectivity index (χ1n) is 9.97. The normalized spacial score (nSPS) is 18.2. The first-order chi connectivity index (χ1) is 14.6. The zero-order valence-electron chi connectivity index (χ0n) is 17.0. The third-order valence-electron chi connectivity index (χ3n) is 5.49. The van der Waals surface area contributed by atoms with Crippen LogP contribution in [0.2, 0.25) is 0 Å². The number of amides is 1. The molecule has 1 N–H and O–H groups in total. The molecule has 0 aromatic heterocycles. The summed E-state index contributed by atoms with van der Waals surface area (Å²) in [6.07, 6.45) is 0.705. The molecule has 1 atom stereocenters. The highest BCUT2D eigenvalue weighted by atomic mass is 16.5. The highest BCUT2D eigenvalue weighted by molar-refractivity contribution is 6.46. The van der Waals surface area contributed by atoms with Crippen LogP contribution in [0.5, 0.6) is 5.75 Å². The van der Waals surface area contributed by atoms with Crippen LogP contribution in [-0.4, -0.2) is 35.4 Å². The summed E-state index contributed by atoms with van der Waals surface area (Å²) in [7, 11) is 1.56. The third-order valence-corrected chi connectivity index (χ3v) is 5.49. The average Bonchev–Trinajstić information content (AvgIpc) is 3.03. The minimum absolute atomic E-state index is 0.120. The Balaban J connectivity index is 1.94. The number of nitrogens with zero attached hydrogens (tertiary/aromatic N) is 1. The van der Waals surface area contributed by atoms with Gasteiger partial charge in [0.25, 0.3) is 11.7 Å². The zero-order valence-corrected chi connectivity index (χ0v) is 17.0. The van der Waals surface area contributed by atoms with E-state index in [4.69, 9.17) is 4.74 Å². The van der Waals surface area contributed by atoms with Crippen molar-refractivity contribution in [3.63, 3.8) is 0 Å². The Morgan fingerprint density at radius 1 is 1.00 bits per heavy atom. The Kier molecular flexibility index (Phi) is 5.27. The third kappa shape index (κ3) is 3.22. The van der Waals surface area contributed by atoms with Crippen LogP contribution in [0.3, 0.4) is 0 Å². The number of carbonyl (C=O) groups is 2. The maximum absolute atomic E-state index is 13.0. The summed E-state index contributed by atoms with van der Waals surface area (Å²) in [5.74, 6) is -0.768. The second-order valence-electron chi connectivity index (χ2n) is 7.29. The fourth-order valence-corrected chi connectivity index (χ4v) is 4.07. The van der Waals surface area contributed by atoms with Crippen molar-refractivity contribution >= 4 is 28.2 Å². The van der Waals surface area contributed by atoms with Crippen molar-refractivity contribution in [1.29, 1.82) is 0 Å². The number of rotatable bonds is 5. The van der Waals surface area contributed by atoms with Gasteiger partial charge < -0.3 is 14.7 Å². The second-order valence-corrected chi connectivity index (χ2v) is 7.29. The van der Waals surface area contributed by atoms with E-state index in [0.29, 0.717) is 24.3 Å². The van der Waals surface area contributed by atoms with E-state index in [1.807, 2.05) is 49.4 Å². The number of aliphatic hydroxyl groups excluding tert-OH is 1. The molecule has 1 fully saturated rings. The van der Waals surface area contributed by atoms with Crippen LogP contribution in [0.4, 0.5) is 0 Å². The highest BCUT2D eigenvalue weighted by Crippen LogP contribution is 2.41. The topological polar surface area (TPSA) is 66.8 Å². The molecule has 0 aliphatic carbocycles. The number of hydrogen-bond donors (Lipinski definition) is 1. The largest absolute Gasteiger partial charge is 0.507 e. The molecule has 1 aliphatic heterocycles. The Hall–Kier alpha value is -3.60. The molecule has 3 aromatic carbocycles. The SMILES string of the molecule is CCCN1C(=O)C(=O)/C(=C(\O)c2ccc(OC)cc2)C1c1cccc2ccccc12. The lowest BCUT2D eigenvalue weighted by atomic mass is 9.91. The molecular formula is C25H23NO4. The molecule has 0 bridgehead atoms. The number of aliphatic hydroxyl groups is 1. The van der Waals surface area contributed by atoms with Crippen molar-refractivity contribution < 1.29 is 19.4 Å². The van der Waals surface area contributed by atoms with Gasteiger partial charge in [0.15, 0.2) is 0 Å². The van der Waals surface area contributed by atoms with Crippen molar-refractivity contribution in [2.24, 2.45) is 0 Å². The van der Waals surface area contributed by atoms with Gasteiger partial charge in [-0.05, 0) is 47.0 Å². The van der Waals surface area contributed by atoms with E-state index >= 15 is 0 Å². The van der Waals surface area contributed by atoms with Gasteiger partial charge in [0.1, 0.15) is 11.5 Å². The number of fused-ring (bicyclic) bond motifs is 1. The predicted molar refractivity (Wildman–Crippen MR) is 116 cm³/mol. The van der Waals surface area contributed by atoms with Crippen LogP contribution in [0.1, 0.15) is 30.5 Å². The lowest BCUT2D eigenvalue weighted by Crippen LogP contribution is -2.30. The van der Waals surface area contributed by atoms with Crippen LogP contribution in [0.15, 0.2) is 72.3 Å². The van der Waals surface area contributed by atoms with Crippen molar-refractivity contribution in [3.05, 3.63) is 83.4 Å². The summed E-state index contributed by atoms with van der Waals surface area (Å²) in [4.78, 5) is 27.5. The van der Waals surface area contributed by atoms with Crippen LogP contribution in [-0.2, 0) is 9.59 Å². The van der Waals surface area contributed by atoms with Crippen molar-refractivity contribution in [2.45, 2.75) is 19.4 Å². The van der Waals surface area contributed by atoms with Crippen LogP contribution in [0.25, 0.3) is 16.5 Å². The Labute approximate surface area is 175 Å². The van der Waals surface area contributed by atoms with E-state index < -0.39 is 17.7 Å². The zero-order chi connectivity index (χ0) is 21.3. The lowest BCUT2D eigenvalue weighted by Gasteiger charge is -2.26. The molecule has 0 spiro atoms. The molecule has 5 heteroatoms. The summed E-state index contributed by atoms with van der Waals surface area (Å²) in [5.41, 5.74) is 1.42. The Morgan fingerprint density at radius 3 is 2.40 bits per heavy atom. The van der Waals surface area contributed by atoms with Crippen LogP contribution < -0.4 is 4.74 Å². The lowest BCUT2D eigenvalue weighted by molar-refractivity contribution is -0.139. The molecule has 30 heavy (non-hydrogen) atoms. The fraction of sp³-hybridized carbons (Fsp3) is 0.200. The molecule has 1 aliphatic rings. The molecule has 1 heterocycles. The van der Waals surface area contributed by atoms with E-state index in [1.54, 1.807) is 36.3 Å². The quantitative estimate of drug-likeness (QED) is 0.383. The number of methoxy groups -OCH3 is 1. The summed E-state index contributed by atoms with van der Waals surface area (Å²) < 4.78 is 5.17. The maximum atomic E-state index is 13.0. The van der Waals surface area contributed by atoms with Gasteiger partial charge in [0.2, 0.25) is 0 Å². The predicted octanol–water partition coefficient (Wildman–Crippen LogP) is 4.68. The maximum Gasteiger partial charge on any atom is 0.295 e. The number of ether oxygens (including phenoxy) is 1. The fourth-order valence-electron chi connectivity index (χ4n) is 4.07. The monoisotopic (exact) mass is 401 g/mol. The van der Waals surface area contributed by atoms with E-state index in [0.717, 1.165) is 16.3 Å². The van der Waals surface area contributed by atoms with E-state index in [1.165, 1.54) is 0 Å². The number of likely N-dealkylation sites (tertiary alicyclic amines) is 1. The second kappa shape index (κ2) is 8.03. The van der Waals surface area contributed by atoms with Gasteiger partial charge in [-0.15, -0.1) is 0 Å². The molecule has 1 amide bonds. The van der Waals surface area contributed by atoms with Gasteiger partial charge >= 0.3 is 0 Å². The molecule has 1 unspecified atom stereocenters. The number of carbonyl (C=O) groups excluding carboxylic acids is 2. The standard InChI is InChI=1S/C25H23NO4/c1-3-15-26-22(20-10-6-8-16-7-4-5-9-19(16)20)21(24(28)25(26)29)23(27)17-11-13-18(30-2)14-12-17/h4-14,22,27H,3,15H2,1-2H3/b23-21-. The Bertz CT molecular complexity index is 1140.